The number of nitrogens with zero attached hydrogens (tertiary/aromatic N) is 1. The second-order valence-electron chi connectivity index (χ2n) is 7.53. The third-order valence-corrected chi connectivity index (χ3v) is 5.64. The van der Waals surface area contributed by atoms with Crippen molar-refractivity contribution in [1.29, 1.82) is 0 Å². The first-order chi connectivity index (χ1) is 15.9. The van der Waals surface area contributed by atoms with Crippen LogP contribution in [0.2, 0.25) is 5.02 Å². The van der Waals surface area contributed by atoms with Gasteiger partial charge in [0.15, 0.2) is 0 Å². The predicted molar refractivity (Wildman–Crippen MR) is 128 cm³/mol. The van der Waals surface area contributed by atoms with Gasteiger partial charge in [-0.1, -0.05) is 11.6 Å². The van der Waals surface area contributed by atoms with E-state index in [1.807, 2.05) is 0 Å². The lowest BCUT2D eigenvalue weighted by molar-refractivity contribution is -0.117. The van der Waals surface area contributed by atoms with E-state index in [1.165, 1.54) is 0 Å². The number of halogens is 1. The maximum Gasteiger partial charge on any atom is 0.255 e. The number of hydrogen-bond acceptors (Lipinski definition) is 4. The molecule has 0 aromatic heterocycles. The molecular formula is C25H22ClN3O4. The van der Waals surface area contributed by atoms with Crippen molar-refractivity contribution in [3.05, 3.63) is 82.9 Å². The van der Waals surface area contributed by atoms with Gasteiger partial charge in [-0.3, -0.25) is 14.4 Å². The largest absolute Gasteiger partial charge is 0.497 e. The Bertz CT molecular complexity index is 1190. The Morgan fingerprint density at radius 3 is 2.03 bits per heavy atom. The Hall–Kier alpha value is -3.84. The maximum atomic E-state index is 12.7. The second kappa shape index (κ2) is 9.75. The summed E-state index contributed by atoms with van der Waals surface area (Å²) in [7, 11) is 1.58. The number of benzene rings is 3. The van der Waals surface area contributed by atoms with Crippen LogP contribution in [0.15, 0.2) is 66.7 Å². The van der Waals surface area contributed by atoms with Crippen molar-refractivity contribution in [2.75, 3.05) is 29.2 Å². The molecule has 1 heterocycles. The highest BCUT2D eigenvalue weighted by Crippen LogP contribution is 2.30. The first kappa shape index (κ1) is 22.4. The van der Waals surface area contributed by atoms with Crippen LogP contribution in [0.25, 0.3) is 0 Å². The standard InChI is InChI=1S/C25H22ClN3O4/c1-33-20-11-9-19(10-12-20)27-24(31)16-4-7-18(8-5-16)28-25(32)17-6-13-21(26)22(15-17)29-14-2-3-23(29)30/h4-13,15H,2-3,14H2,1H3,(H,27,31)(H,28,32). The number of hydrogen-bond donors (Lipinski definition) is 2. The number of nitrogens with one attached hydrogen (secondary N) is 2. The zero-order valence-electron chi connectivity index (χ0n) is 17.9. The third-order valence-electron chi connectivity index (χ3n) is 5.33. The summed E-state index contributed by atoms with van der Waals surface area (Å²) in [4.78, 5) is 38.9. The van der Waals surface area contributed by atoms with Crippen LogP contribution in [0.1, 0.15) is 33.6 Å². The molecule has 3 aromatic carbocycles. The van der Waals surface area contributed by atoms with Crippen molar-refractivity contribution in [2.45, 2.75) is 12.8 Å². The van der Waals surface area contributed by atoms with Gasteiger partial charge in [0, 0.05) is 35.5 Å². The first-order valence-corrected chi connectivity index (χ1v) is 10.8. The molecular weight excluding hydrogens is 442 g/mol. The molecule has 33 heavy (non-hydrogen) atoms. The molecule has 7 nitrogen and oxygen atoms in total. The van der Waals surface area contributed by atoms with Crippen molar-refractivity contribution in [2.24, 2.45) is 0 Å². The quantitative estimate of drug-likeness (QED) is 0.539. The summed E-state index contributed by atoms with van der Waals surface area (Å²) in [6, 6.07) is 18.4. The van der Waals surface area contributed by atoms with E-state index < -0.39 is 0 Å². The molecule has 0 unspecified atom stereocenters. The molecule has 1 saturated heterocycles. The summed E-state index contributed by atoms with van der Waals surface area (Å²) in [5, 5.41) is 6.04. The average Bonchev–Trinajstić information content (AvgIpc) is 3.25. The Balaban J connectivity index is 1.41. The van der Waals surface area contributed by atoms with Crippen LogP contribution >= 0.6 is 11.6 Å². The molecule has 2 N–H and O–H groups in total. The summed E-state index contributed by atoms with van der Waals surface area (Å²) in [5.74, 6) is 0.0940. The SMILES string of the molecule is COc1ccc(NC(=O)c2ccc(NC(=O)c3ccc(Cl)c(N4CCCC4=O)c3)cc2)cc1. The van der Waals surface area contributed by atoms with E-state index in [-0.39, 0.29) is 17.7 Å². The van der Waals surface area contributed by atoms with E-state index in [9.17, 15) is 14.4 Å². The molecule has 168 valence electrons. The molecule has 3 aromatic rings. The molecule has 4 rings (SSSR count). The summed E-state index contributed by atoms with van der Waals surface area (Å²) < 4.78 is 5.11. The summed E-state index contributed by atoms with van der Waals surface area (Å²) in [5.41, 5.74) is 2.56. The number of amides is 3. The normalized spacial score (nSPS) is 13.0. The Labute approximate surface area is 196 Å². The van der Waals surface area contributed by atoms with Gasteiger partial charge in [0.05, 0.1) is 17.8 Å². The van der Waals surface area contributed by atoms with Crippen molar-refractivity contribution < 1.29 is 19.1 Å². The molecule has 0 atom stereocenters. The molecule has 0 bridgehead atoms. The smallest absolute Gasteiger partial charge is 0.255 e. The van der Waals surface area contributed by atoms with Crippen molar-refractivity contribution >= 4 is 46.4 Å². The topological polar surface area (TPSA) is 87.7 Å². The van der Waals surface area contributed by atoms with Crippen LogP contribution in [-0.2, 0) is 4.79 Å². The highest BCUT2D eigenvalue weighted by atomic mass is 35.5. The van der Waals surface area contributed by atoms with Crippen LogP contribution in [-0.4, -0.2) is 31.4 Å². The van der Waals surface area contributed by atoms with E-state index in [4.69, 9.17) is 16.3 Å². The van der Waals surface area contributed by atoms with Gasteiger partial charge in [-0.2, -0.15) is 0 Å². The molecule has 0 spiro atoms. The zero-order chi connectivity index (χ0) is 23.4. The zero-order valence-corrected chi connectivity index (χ0v) is 18.7. The molecule has 1 fully saturated rings. The van der Waals surface area contributed by atoms with Gasteiger partial charge in [0.1, 0.15) is 5.75 Å². The number of carbonyl (C=O) groups is 3. The molecule has 1 aliphatic rings. The van der Waals surface area contributed by atoms with Crippen LogP contribution in [0.4, 0.5) is 17.1 Å². The fraction of sp³-hybridized carbons (Fsp3) is 0.160. The van der Waals surface area contributed by atoms with Gasteiger partial charge in [0.2, 0.25) is 5.91 Å². The van der Waals surface area contributed by atoms with Gasteiger partial charge in [-0.05, 0) is 73.2 Å². The van der Waals surface area contributed by atoms with Gasteiger partial charge in [-0.15, -0.1) is 0 Å². The van der Waals surface area contributed by atoms with E-state index in [0.717, 1.165) is 6.42 Å². The maximum absolute atomic E-state index is 12.7. The van der Waals surface area contributed by atoms with Crippen LogP contribution in [0.3, 0.4) is 0 Å². The Morgan fingerprint density at radius 1 is 0.879 bits per heavy atom. The van der Waals surface area contributed by atoms with E-state index in [0.29, 0.717) is 51.9 Å². The summed E-state index contributed by atoms with van der Waals surface area (Å²) >= 11 is 6.26. The Kier molecular flexibility index (Phi) is 6.60. The van der Waals surface area contributed by atoms with Crippen LogP contribution in [0.5, 0.6) is 5.75 Å². The van der Waals surface area contributed by atoms with Crippen LogP contribution < -0.4 is 20.3 Å². The van der Waals surface area contributed by atoms with Crippen molar-refractivity contribution in [3.63, 3.8) is 0 Å². The number of ether oxygens (including phenoxy) is 1. The van der Waals surface area contributed by atoms with E-state index in [1.54, 1.807) is 78.7 Å². The number of methoxy groups -OCH3 is 1. The molecule has 0 saturated carbocycles. The number of rotatable bonds is 6. The third kappa shape index (κ3) is 5.15. The van der Waals surface area contributed by atoms with E-state index in [2.05, 4.69) is 10.6 Å². The minimum Gasteiger partial charge on any atom is -0.497 e. The van der Waals surface area contributed by atoms with Crippen LogP contribution in [0, 0.1) is 0 Å². The lowest BCUT2D eigenvalue weighted by atomic mass is 10.1. The average molecular weight is 464 g/mol. The molecule has 0 aliphatic carbocycles. The lowest BCUT2D eigenvalue weighted by Crippen LogP contribution is -2.24. The Morgan fingerprint density at radius 2 is 1.45 bits per heavy atom. The minimum atomic E-state index is -0.338. The fourth-order valence-electron chi connectivity index (χ4n) is 3.55. The summed E-state index contributed by atoms with van der Waals surface area (Å²) in [6.07, 6.45) is 1.25. The lowest BCUT2D eigenvalue weighted by Gasteiger charge is -2.18. The summed E-state index contributed by atoms with van der Waals surface area (Å²) in [6.45, 7) is 0.587. The number of carbonyl (C=O) groups excluding carboxylic acids is 3. The molecule has 8 heteroatoms. The second-order valence-corrected chi connectivity index (χ2v) is 7.94. The predicted octanol–water partition coefficient (Wildman–Crippen LogP) is 4.98. The molecule has 3 amide bonds. The van der Waals surface area contributed by atoms with Gasteiger partial charge in [-0.25, -0.2) is 0 Å². The van der Waals surface area contributed by atoms with E-state index >= 15 is 0 Å². The van der Waals surface area contributed by atoms with Crippen molar-refractivity contribution in [1.82, 2.24) is 0 Å². The number of anilines is 3. The van der Waals surface area contributed by atoms with Gasteiger partial charge in [0.25, 0.3) is 11.8 Å². The minimum absolute atomic E-state index is 0.00189. The van der Waals surface area contributed by atoms with Crippen molar-refractivity contribution in [3.8, 4) is 5.75 Å². The van der Waals surface area contributed by atoms with Gasteiger partial charge < -0.3 is 20.3 Å². The molecule has 1 aliphatic heterocycles. The fourth-order valence-corrected chi connectivity index (χ4v) is 3.77. The molecule has 0 radical (unpaired) electrons. The first-order valence-electron chi connectivity index (χ1n) is 10.4. The highest BCUT2D eigenvalue weighted by molar-refractivity contribution is 6.34. The highest BCUT2D eigenvalue weighted by Gasteiger charge is 2.24. The van der Waals surface area contributed by atoms with Gasteiger partial charge >= 0.3 is 0 Å². The monoisotopic (exact) mass is 463 g/mol.